The molecule has 1 aliphatic rings. The van der Waals surface area contributed by atoms with Crippen molar-refractivity contribution in [2.75, 3.05) is 13.7 Å². The molecule has 0 atom stereocenters. The van der Waals surface area contributed by atoms with Gasteiger partial charge in [-0.05, 0) is 37.8 Å². The molecular weight excluding hydrogens is 268 g/mol. The van der Waals surface area contributed by atoms with Gasteiger partial charge < -0.3 is 14.6 Å². The Kier molecular flexibility index (Phi) is 5.60. The third-order valence-electron chi connectivity index (χ3n) is 3.97. The highest BCUT2D eigenvalue weighted by Gasteiger charge is 2.26. The van der Waals surface area contributed by atoms with Crippen molar-refractivity contribution in [2.24, 2.45) is 5.92 Å². The lowest BCUT2D eigenvalue weighted by Crippen LogP contribution is -2.33. The van der Waals surface area contributed by atoms with Gasteiger partial charge in [0.25, 0.3) is 0 Å². The second-order valence-corrected chi connectivity index (χ2v) is 5.31. The maximum absolute atomic E-state index is 12.0. The molecule has 1 fully saturated rings. The minimum atomic E-state index is -0.406. The number of carbonyl (C=O) groups excluding carboxylic acids is 2. The average Bonchev–Trinajstić information content (AvgIpc) is 3.05. The zero-order valence-corrected chi connectivity index (χ0v) is 12.3. The Hall–Kier alpha value is -2.04. The van der Waals surface area contributed by atoms with Gasteiger partial charge in [0.2, 0.25) is 5.91 Å². The van der Waals surface area contributed by atoms with Crippen molar-refractivity contribution in [1.82, 2.24) is 9.88 Å². The Labute approximate surface area is 125 Å². The van der Waals surface area contributed by atoms with E-state index in [1.54, 1.807) is 6.08 Å². The number of nitrogens with zero attached hydrogens (tertiary/aromatic N) is 1. The summed E-state index contributed by atoms with van der Waals surface area (Å²) in [5.74, 6) is -0.240. The summed E-state index contributed by atoms with van der Waals surface area (Å²) in [6, 6.07) is 4.59. The largest absolute Gasteiger partial charge is 0.466 e. The highest BCUT2D eigenvalue weighted by Crippen LogP contribution is 2.32. The first-order chi connectivity index (χ1) is 10.2. The molecule has 0 unspecified atom stereocenters. The molecule has 1 aromatic heterocycles. The van der Waals surface area contributed by atoms with Crippen molar-refractivity contribution in [2.45, 2.75) is 31.7 Å². The molecule has 0 aliphatic heterocycles. The lowest BCUT2D eigenvalue weighted by atomic mass is 9.85. The van der Waals surface area contributed by atoms with E-state index in [0.29, 0.717) is 12.6 Å². The number of esters is 1. The van der Waals surface area contributed by atoms with Crippen molar-refractivity contribution >= 4 is 11.9 Å². The van der Waals surface area contributed by atoms with E-state index < -0.39 is 5.97 Å². The lowest BCUT2D eigenvalue weighted by molar-refractivity contribution is -0.135. The molecule has 0 radical (unpaired) electrons. The Balaban J connectivity index is 1.71. The van der Waals surface area contributed by atoms with E-state index in [4.69, 9.17) is 0 Å². The molecular formula is C16H22N2O3. The van der Waals surface area contributed by atoms with Crippen LogP contribution in [0.3, 0.4) is 0 Å². The van der Waals surface area contributed by atoms with E-state index in [1.165, 1.54) is 13.2 Å². The van der Waals surface area contributed by atoms with Gasteiger partial charge in [-0.15, -0.1) is 0 Å². The van der Waals surface area contributed by atoms with Crippen LogP contribution in [0, 0.1) is 5.92 Å². The lowest BCUT2D eigenvalue weighted by Gasteiger charge is -2.28. The molecule has 1 amide bonds. The number of nitrogens with one attached hydrogen (secondary N) is 1. The quantitative estimate of drug-likeness (QED) is 0.667. The van der Waals surface area contributed by atoms with Gasteiger partial charge in [-0.1, -0.05) is 6.08 Å². The fourth-order valence-electron chi connectivity index (χ4n) is 2.75. The van der Waals surface area contributed by atoms with Gasteiger partial charge in [-0.2, -0.15) is 0 Å². The average molecular weight is 290 g/mol. The molecule has 5 heteroatoms. The number of ether oxygens (including phenoxy) is 1. The van der Waals surface area contributed by atoms with Gasteiger partial charge in [0.1, 0.15) is 0 Å². The topological polar surface area (TPSA) is 60.3 Å². The van der Waals surface area contributed by atoms with Crippen molar-refractivity contribution in [3.63, 3.8) is 0 Å². The molecule has 0 spiro atoms. The van der Waals surface area contributed by atoms with E-state index in [-0.39, 0.29) is 11.8 Å². The maximum atomic E-state index is 12.0. The van der Waals surface area contributed by atoms with E-state index in [2.05, 4.69) is 27.0 Å². The number of carbonyl (C=O) groups is 2. The molecule has 1 aromatic rings. The Morgan fingerprint density at radius 2 is 1.90 bits per heavy atom. The van der Waals surface area contributed by atoms with E-state index in [0.717, 1.165) is 25.7 Å². The number of hydrogen-bond donors (Lipinski definition) is 1. The number of hydrogen-bond acceptors (Lipinski definition) is 3. The van der Waals surface area contributed by atoms with Crippen LogP contribution >= 0.6 is 0 Å². The first-order valence-corrected chi connectivity index (χ1v) is 7.35. The van der Waals surface area contributed by atoms with Crippen molar-refractivity contribution in [3.05, 3.63) is 36.7 Å². The molecule has 0 saturated heterocycles. The second-order valence-electron chi connectivity index (χ2n) is 5.31. The summed E-state index contributed by atoms with van der Waals surface area (Å²) >= 11 is 0. The smallest absolute Gasteiger partial charge is 0.330 e. The van der Waals surface area contributed by atoms with Gasteiger partial charge in [-0.25, -0.2) is 4.79 Å². The van der Waals surface area contributed by atoms with Gasteiger partial charge in [0.05, 0.1) is 7.11 Å². The summed E-state index contributed by atoms with van der Waals surface area (Å²) in [5, 5.41) is 2.84. The third kappa shape index (κ3) is 4.48. The van der Waals surface area contributed by atoms with Gasteiger partial charge in [0, 0.05) is 37.0 Å². The van der Waals surface area contributed by atoms with Crippen LogP contribution in [0.5, 0.6) is 0 Å². The normalized spacial score (nSPS) is 22.1. The Bertz CT molecular complexity index is 486. The van der Waals surface area contributed by atoms with E-state index >= 15 is 0 Å². The van der Waals surface area contributed by atoms with Crippen molar-refractivity contribution in [3.8, 4) is 0 Å². The first kappa shape index (κ1) is 15.4. The van der Waals surface area contributed by atoms with Crippen LogP contribution in [0.1, 0.15) is 31.7 Å². The summed E-state index contributed by atoms with van der Waals surface area (Å²) in [5.41, 5.74) is 0. The summed E-state index contributed by atoms with van der Waals surface area (Å²) in [6.45, 7) is 0.367. The molecule has 1 N–H and O–H groups in total. The van der Waals surface area contributed by atoms with Crippen LogP contribution in [0.25, 0.3) is 0 Å². The summed E-state index contributed by atoms with van der Waals surface area (Å²) < 4.78 is 6.71. The highest BCUT2D eigenvalue weighted by atomic mass is 16.5. The maximum Gasteiger partial charge on any atom is 0.330 e. The van der Waals surface area contributed by atoms with Crippen LogP contribution in [0.2, 0.25) is 0 Å². The highest BCUT2D eigenvalue weighted by molar-refractivity contribution is 5.82. The molecule has 2 rings (SSSR count). The third-order valence-corrected chi connectivity index (χ3v) is 3.97. The van der Waals surface area contributed by atoms with Crippen molar-refractivity contribution < 1.29 is 14.3 Å². The van der Waals surface area contributed by atoms with Crippen LogP contribution in [-0.4, -0.2) is 30.1 Å². The van der Waals surface area contributed by atoms with Crippen LogP contribution in [-0.2, 0) is 14.3 Å². The van der Waals surface area contributed by atoms with Crippen LogP contribution in [0.4, 0.5) is 0 Å². The van der Waals surface area contributed by atoms with E-state index in [9.17, 15) is 9.59 Å². The van der Waals surface area contributed by atoms with Gasteiger partial charge >= 0.3 is 5.97 Å². The summed E-state index contributed by atoms with van der Waals surface area (Å²) in [4.78, 5) is 22.9. The van der Waals surface area contributed by atoms with Crippen molar-refractivity contribution in [1.29, 1.82) is 0 Å². The Morgan fingerprint density at radius 1 is 1.24 bits per heavy atom. The molecule has 21 heavy (non-hydrogen) atoms. The number of rotatable bonds is 5. The van der Waals surface area contributed by atoms with Crippen LogP contribution in [0.15, 0.2) is 36.7 Å². The number of methoxy groups -OCH3 is 1. The van der Waals surface area contributed by atoms with E-state index in [1.807, 2.05) is 12.1 Å². The molecule has 114 valence electrons. The Morgan fingerprint density at radius 3 is 2.52 bits per heavy atom. The molecule has 1 heterocycles. The van der Waals surface area contributed by atoms with Gasteiger partial charge in [0.15, 0.2) is 0 Å². The first-order valence-electron chi connectivity index (χ1n) is 7.35. The fraction of sp³-hybridized carbons (Fsp3) is 0.500. The molecule has 1 aliphatic carbocycles. The number of amides is 1. The molecule has 5 nitrogen and oxygen atoms in total. The second kappa shape index (κ2) is 7.67. The predicted octanol–water partition coefficient (Wildman–Crippen LogP) is 2.06. The summed E-state index contributed by atoms with van der Waals surface area (Å²) in [7, 11) is 1.33. The molecule has 0 aromatic carbocycles. The molecule has 1 saturated carbocycles. The monoisotopic (exact) mass is 290 g/mol. The predicted molar refractivity (Wildman–Crippen MR) is 79.6 cm³/mol. The number of aromatic nitrogens is 1. The summed E-state index contributed by atoms with van der Waals surface area (Å²) in [6.07, 6.45) is 11.0. The SMILES string of the molecule is COC(=O)/C=C/CNC(=O)C1CCC(n2cccc2)CC1. The minimum Gasteiger partial charge on any atom is -0.466 e. The standard InChI is InChI=1S/C16H22N2O3/c1-21-15(19)5-4-10-17-16(20)13-6-8-14(9-7-13)18-11-2-3-12-18/h2-5,11-14H,6-10H2,1H3,(H,17,20)/b5-4+. The zero-order valence-electron chi connectivity index (χ0n) is 12.3. The minimum absolute atomic E-state index is 0.0791. The van der Waals surface area contributed by atoms with Crippen LogP contribution < -0.4 is 5.32 Å². The van der Waals surface area contributed by atoms with Gasteiger partial charge in [-0.3, -0.25) is 4.79 Å². The fourth-order valence-corrected chi connectivity index (χ4v) is 2.75. The molecule has 0 bridgehead atoms. The zero-order chi connectivity index (χ0) is 15.1.